The Morgan fingerprint density at radius 1 is 1.06 bits per heavy atom. The molecule has 0 aliphatic carbocycles. The molecule has 2 aromatic carbocycles. The second kappa shape index (κ2) is 9.28. The minimum atomic E-state index is -3.86. The summed E-state index contributed by atoms with van der Waals surface area (Å²) < 4.78 is 34.5. The van der Waals surface area contributed by atoms with Crippen molar-refractivity contribution in [2.75, 3.05) is 6.61 Å². The number of aromatic amines is 2. The Balaban J connectivity index is 1.58. The fourth-order valence-corrected chi connectivity index (χ4v) is 4.70. The lowest BCUT2D eigenvalue weighted by Gasteiger charge is -2.14. The first-order valence-electron chi connectivity index (χ1n) is 11.0. The zero-order valence-corrected chi connectivity index (χ0v) is 19.6. The Morgan fingerprint density at radius 2 is 1.89 bits per heavy atom. The van der Waals surface area contributed by atoms with Gasteiger partial charge < -0.3 is 14.7 Å². The molecular formula is C24H22N6O4S. The number of H-pyrrole nitrogens is 2. The summed E-state index contributed by atoms with van der Waals surface area (Å²) in [6.07, 6.45) is 5.49. The molecule has 0 atom stereocenters. The van der Waals surface area contributed by atoms with Gasteiger partial charge in [-0.15, -0.1) is 0 Å². The number of sulfonamides is 1. The standard InChI is InChI=1S/C24H22N6O4S/c1-2-9-34-22-4-3-16(35(32,33)28-13-15-5-7-25-8-6-15)10-18(22)23-29-19-12-21-20(26-14-27-21)11-17(19)24(31)30-23/h3-8,10-12,14,28H,2,9,13H2,1H3,(H,26,27)(H,29,30,31). The van der Waals surface area contributed by atoms with Gasteiger partial charge in [0.15, 0.2) is 0 Å². The van der Waals surface area contributed by atoms with Gasteiger partial charge in [-0.3, -0.25) is 9.78 Å². The van der Waals surface area contributed by atoms with Gasteiger partial charge in [0, 0.05) is 18.9 Å². The Kier molecular flexibility index (Phi) is 6.01. The highest BCUT2D eigenvalue weighted by atomic mass is 32.2. The van der Waals surface area contributed by atoms with Gasteiger partial charge in [-0.1, -0.05) is 6.92 Å². The second-order valence-corrected chi connectivity index (χ2v) is 9.66. The number of fused-ring (bicyclic) bond motifs is 2. The van der Waals surface area contributed by atoms with Crippen LogP contribution >= 0.6 is 0 Å². The second-order valence-electron chi connectivity index (χ2n) is 7.89. The van der Waals surface area contributed by atoms with E-state index in [0.29, 0.717) is 34.3 Å². The lowest BCUT2D eigenvalue weighted by Crippen LogP contribution is -2.23. The van der Waals surface area contributed by atoms with Gasteiger partial charge in [0.2, 0.25) is 10.0 Å². The number of hydrogen-bond acceptors (Lipinski definition) is 7. The summed E-state index contributed by atoms with van der Waals surface area (Å²) >= 11 is 0. The van der Waals surface area contributed by atoms with Crippen LogP contribution in [0.2, 0.25) is 0 Å². The lowest BCUT2D eigenvalue weighted by atomic mass is 10.1. The highest BCUT2D eigenvalue weighted by Gasteiger charge is 2.19. The number of ether oxygens (including phenoxy) is 1. The van der Waals surface area contributed by atoms with Crippen LogP contribution in [-0.2, 0) is 16.6 Å². The van der Waals surface area contributed by atoms with Crippen molar-refractivity contribution in [2.45, 2.75) is 24.8 Å². The Morgan fingerprint density at radius 3 is 2.69 bits per heavy atom. The summed E-state index contributed by atoms with van der Waals surface area (Å²) in [5.74, 6) is 0.623. The van der Waals surface area contributed by atoms with Crippen molar-refractivity contribution in [1.82, 2.24) is 29.6 Å². The third-order valence-corrected chi connectivity index (χ3v) is 6.84. The molecule has 0 amide bonds. The van der Waals surface area contributed by atoms with E-state index in [4.69, 9.17) is 4.74 Å². The Bertz CT molecular complexity index is 1680. The van der Waals surface area contributed by atoms with Gasteiger partial charge in [-0.2, -0.15) is 0 Å². The van der Waals surface area contributed by atoms with Crippen LogP contribution in [0.25, 0.3) is 33.3 Å². The third-order valence-electron chi connectivity index (χ3n) is 5.44. The van der Waals surface area contributed by atoms with E-state index in [9.17, 15) is 13.2 Å². The first-order chi connectivity index (χ1) is 16.9. The molecule has 0 fully saturated rings. The summed E-state index contributed by atoms with van der Waals surface area (Å²) in [4.78, 5) is 31.4. The smallest absolute Gasteiger partial charge is 0.259 e. The van der Waals surface area contributed by atoms with Gasteiger partial charge >= 0.3 is 0 Å². The quantitative estimate of drug-likeness (QED) is 0.303. The van der Waals surface area contributed by atoms with Crippen LogP contribution in [-0.4, -0.2) is 39.9 Å². The summed E-state index contributed by atoms with van der Waals surface area (Å²) in [6.45, 7) is 2.50. The van der Waals surface area contributed by atoms with E-state index in [-0.39, 0.29) is 22.8 Å². The molecule has 3 aromatic heterocycles. The van der Waals surface area contributed by atoms with Crippen LogP contribution < -0.4 is 15.0 Å². The molecule has 5 rings (SSSR count). The Hall–Kier alpha value is -4.09. The highest BCUT2D eigenvalue weighted by molar-refractivity contribution is 7.89. The van der Waals surface area contributed by atoms with Crippen molar-refractivity contribution in [3.8, 4) is 17.1 Å². The van der Waals surface area contributed by atoms with E-state index in [1.807, 2.05) is 6.92 Å². The molecule has 3 N–H and O–H groups in total. The van der Waals surface area contributed by atoms with Crippen LogP contribution in [0.4, 0.5) is 0 Å². The molecule has 3 heterocycles. The van der Waals surface area contributed by atoms with Gasteiger partial charge in [-0.05, 0) is 54.4 Å². The van der Waals surface area contributed by atoms with Crippen molar-refractivity contribution in [2.24, 2.45) is 0 Å². The number of nitrogens with one attached hydrogen (secondary N) is 3. The third kappa shape index (κ3) is 4.63. The van der Waals surface area contributed by atoms with Gasteiger partial charge in [-0.25, -0.2) is 23.1 Å². The molecule has 0 saturated carbocycles. The number of pyridine rings is 1. The maximum atomic E-state index is 13.0. The van der Waals surface area contributed by atoms with Crippen molar-refractivity contribution >= 4 is 32.0 Å². The molecule has 0 aliphatic heterocycles. The summed E-state index contributed by atoms with van der Waals surface area (Å²) in [7, 11) is -3.86. The topological polar surface area (TPSA) is 143 Å². The van der Waals surface area contributed by atoms with Crippen molar-refractivity contribution in [1.29, 1.82) is 0 Å². The van der Waals surface area contributed by atoms with Crippen molar-refractivity contribution in [3.63, 3.8) is 0 Å². The van der Waals surface area contributed by atoms with Crippen LogP contribution in [0, 0.1) is 0 Å². The molecule has 11 heteroatoms. The van der Waals surface area contributed by atoms with E-state index < -0.39 is 10.0 Å². The van der Waals surface area contributed by atoms with Crippen LogP contribution in [0.3, 0.4) is 0 Å². The van der Waals surface area contributed by atoms with E-state index in [1.54, 1.807) is 49.1 Å². The van der Waals surface area contributed by atoms with Crippen LogP contribution in [0.5, 0.6) is 5.75 Å². The largest absolute Gasteiger partial charge is 0.493 e. The van der Waals surface area contributed by atoms with Crippen LogP contribution in [0.15, 0.2) is 70.9 Å². The minimum Gasteiger partial charge on any atom is -0.493 e. The maximum absolute atomic E-state index is 13.0. The number of hydrogen-bond donors (Lipinski definition) is 3. The summed E-state index contributed by atoms with van der Waals surface area (Å²) in [5.41, 5.74) is 2.61. The predicted molar refractivity (Wildman–Crippen MR) is 131 cm³/mol. The number of benzene rings is 2. The Labute approximate surface area is 200 Å². The zero-order chi connectivity index (χ0) is 24.4. The molecule has 35 heavy (non-hydrogen) atoms. The maximum Gasteiger partial charge on any atom is 0.259 e. The number of nitrogens with zero attached hydrogens (tertiary/aromatic N) is 3. The van der Waals surface area contributed by atoms with E-state index in [0.717, 1.165) is 17.5 Å². The molecular weight excluding hydrogens is 468 g/mol. The molecule has 178 valence electrons. The normalized spacial score (nSPS) is 11.8. The first kappa shape index (κ1) is 22.7. The van der Waals surface area contributed by atoms with Gasteiger partial charge in [0.1, 0.15) is 11.6 Å². The molecule has 0 aliphatic rings. The fraction of sp³-hybridized carbons (Fsp3) is 0.167. The lowest BCUT2D eigenvalue weighted by molar-refractivity contribution is 0.318. The average molecular weight is 491 g/mol. The summed E-state index contributed by atoms with van der Waals surface area (Å²) in [5, 5.41) is 0.393. The molecule has 10 nitrogen and oxygen atoms in total. The van der Waals surface area contributed by atoms with Crippen LogP contribution in [0.1, 0.15) is 18.9 Å². The molecule has 0 spiro atoms. The highest BCUT2D eigenvalue weighted by Crippen LogP contribution is 2.31. The monoisotopic (exact) mass is 490 g/mol. The molecule has 0 saturated heterocycles. The minimum absolute atomic E-state index is 0.0240. The fourth-order valence-electron chi connectivity index (χ4n) is 3.66. The first-order valence-corrected chi connectivity index (χ1v) is 12.5. The number of aromatic nitrogens is 5. The number of rotatable bonds is 8. The van der Waals surface area contributed by atoms with E-state index in [2.05, 4.69) is 29.6 Å². The predicted octanol–water partition coefficient (Wildman–Crippen LogP) is 3.13. The molecule has 0 bridgehead atoms. The van der Waals surface area contributed by atoms with Crippen molar-refractivity contribution < 1.29 is 13.2 Å². The van der Waals surface area contributed by atoms with E-state index >= 15 is 0 Å². The number of imidazole rings is 1. The average Bonchev–Trinajstić information content (AvgIpc) is 3.33. The van der Waals surface area contributed by atoms with Gasteiger partial charge in [0.05, 0.1) is 45.3 Å². The van der Waals surface area contributed by atoms with Gasteiger partial charge in [0.25, 0.3) is 5.56 Å². The molecule has 0 unspecified atom stereocenters. The zero-order valence-electron chi connectivity index (χ0n) is 18.8. The van der Waals surface area contributed by atoms with E-state index in [1.165, 1.54) is 12.1 Å². The van der Waals surface area contributed by atoms with Crippen molar-refractivity contribution in [3.05, 3.63) is 77.1 Å². The molecule has 0 radical (unpaired) electrons. The SMILES string of the molecule is CCCOc1ccc(S(=O)(=O)NCc2ccncc2)cc1-c1nc2cc3nc[nH]c3cc2c(=O)[nH]1. The summed E-state index contributed by atoms with van der Waals surface area (Å²) in [6, 6.07) is 11.4. The molecule has 5 aromatic rings.